The summed E-state index contributed by atoms with van der Waals surface area (Å²) in [6.45, 7) is 4.23. The largest absolute Gasteiger partial charge is 0.299 e. The summed E-state index contributed by atoms with van der Waals surface area (Å²) in [5.74, 6) is 0.829. The highest BCUT2D eigenvalue weighted by Gasteiger charge is 2.07. The molecule has 0 aliphatic heterocycles. The third-order valence-electron chi connectivity index (χ3n) is 2.42. The summed E-state index contributed by atoms with van der Waals surface area (Å²) in [6.07, 6.45) is 5.77. The van der Waals surface area contributed by atoms with Crippen LogP contribution in [0.2, 0.25) is 0 Å². The second kappa shape index (κ2) is 5.53. The highest BCUT2D eigenvalue weighted by atomic mass is 16.1. The fourth-order valence-corrected chi connectivity index (χ4v) is 1.33. The van der Waals surface area contributed by atoms with Gasteiger partial charge >= 0.3 is 0 Å². The molecule has 14 heavy (non-hydrogen) atoms. The van der Waals surface area contributed by atoms with Crippen molar-refractivity contribution in [3.8, 4) is 0 Å². The number of hydrogen-bond donors (Lipinski definition) is 0. The summed E-state index contributed by atoms with van der Waals surface area (Å²) in [5.41, 5.74) is 1.06. The van der Waals surface area contributed by atoms with Crippen LogP contribution in [0.25, 0.3) is 0 Å². The molecule has 0 spiro atoms. The first-order valence-electron chi connectivity index (χ1n) is 5.13. The number of carbonyl (C=O) groups excluding carboxylic acids is 1. The van der Waals surface area contributed by atoms with Gasteiger partial charge in [-0.05, 0) is 23.6 Å². The molecule has 1 heterocycles. The molecule has 2 heteroatoms. The summed E-state index contributed by atoms with van der Waals surface area (Å²) in [5, 5.41) is 0. The van der Waals surface area contributed by atoms with Gasteiger partial charge in [0.15, 0.2) is 0 Å². The zero-order valence-corrected chi connectivity index (χ0v) is 8.86. The van der Waals surface area contributed by atoms with Crippen LogP contribution in [0.4, 0.5) is 0 Å². The molecule has 0 saturated carbocycles. The van der Waals surface area contributed by atoms with Crippen LogP contribution < -0.4 is 0 Å². The van der Waals surface area contributed by atoms with Crippen molar-refractivity contribution in [2.45, 2.75) is 33.1 Å². The van der Waals surface area contributed by atoms with E-state index in [0.717, 1.165) is 12.0 Å². The summed E-state index contributed by atoms with van der Waals surface area (Å²) in [7, 11) is 0. The van der Waals surface area contributed by atoms with Crippen LogP contribution in [-0.4, -0.2) is 10.8 Å². The van der Waals surface area contributed by atoms with Crippen molar-refractivity contribution >= 4 is 5.78 Å². The highest BCUT2D eigenvalue weighted by Crippen LogP contribution is 2.09. The Kier molecular flexibility index (Phi) is 4.30. The molecule has 76 valence electrons. The molecule has 1 aromatic rings. The smallest absolute Gasteiger partial charge is 0.137 e. The monoisotopic (exact) mass is 191 g/mol. The molecule has 0 amide bonds. The first kappa shape index (κ1) is 10.9. The standard InChI is InChI=1S/C12H17NO/c1-3-10(2)8-12(14)9-11-4-6-13-7-5-11/h4-7,10H,3,8-9H2,1-2H3. The minimum atomic E-state index is 0.325. The maximum atomic E-state index is 11.6. The topological polar surface area (TPSA) is 30.0 Å². The number of nitrogens with zero attached hydrogens (tertiary/aromatic N) is 1. The third-order valence-corrected chi connectivity index (χ3v) is 2.42. The van der Waals surface area contributed by atoms with Crippen molar-refractivity contribution in [2.75, 3.05) is 0 Å². The van der Waals surface area contributed by atoms with Gasteiger partial charge in [0, 0.05) is 25.2 Å². The number of Topliss-reactive ketones (excluding diaryl/α,β-unsaturated/α-hetero) is 1. The van der Waals surface area contributed by atoms with Gasteiger partial charge in [-0.2, -0.15) is 0 Å². The fourth-order valence-electron chi connectivity index (χ4n) is 1.33. The Morgan fingerprint density at radius 3 is 2.64 bits per heavy atom. The van der Waals surface area contributed by atoms with Crippen molar-refractivity contribution in [1.29, 1.82) is 0 Å². The predicted molar refractivity (Wildman–Crippen MR) is 57.0 cm³/mol. The van der Waals surface area contributed by atoms with E-state index in [1.807, 2.05) is 12.1 Å². The Balaban J connectivity index is 2.42. The van der Waals surface area contributed by atoms with Crippen LogP contribution in [0, 0.1) is 5.92 Å². The third kappa shape index (κ3) is 3.69. The molecule has 1 rings (SSSR count). The van der Waals surface area contributed by atoms with Crippen molar-refractivity contribution in [3.63, 3.8) is 0 Å². The van der Waals surface area contributed by atoms with Gasteiger partial charge in [-0.25, -0.2) is 0 Å². The van der Waals surface area contributed by atoms with Crippen LogP contribution in [0.1, 0.15) is 32.3 Å². The molecule has 0 fully saturated rings. The quantitative estimate of drug-likeness (QED) is 0.716. The lowest BCUT2D eigenvalue weighted by molar-refractivity contribution is -0.119. The zero-order valence-electron chi connectivity index (χ0n) is 8.86. The summed E-state index contributed by atoms with van der Waals surface area (Å²) >= 11 is 0. The van der Waals surface area contributed by atoms with E-state index in [2.05, 4.69) is 18.8 Å². The van der Waals surface area contributed by atoms with Gasteiger partial charge in [0.2, 0.25) is 0 Å². The van der Waals surface area contributed by atoms with Gasteiger partial charge in [0.05, 0.1) is 0 Å². The first-order valence-corrected chi connectivity index (χ1v) is 5.13. The van der Waals surface area contributed by atoms with E-state index in [4.69, 9.17) is 0 Å². The Hall–Kier alpha value is -1.18. The lowest BCUT2D eigenvalue weighted by Crippen LogP contribution is -2.07. The first-order chi connectivity index (χ1) is 6.72. The number of pyridine rings is 1. The molecule has 0 saturated heterocycles. The molecule has 0 aromatic carbocycles. The van der Waals surface area contributed by atoms with Gasteiger partial charge in [0.25, 0.3) is 0 Å². The molecule has 1 aromatic heterocycles. The van der Waals surface area contributed by atoms with E-state index in [9.17, 15) is 4.79 Å². The van der Waals surface area contributed by atoms with E-state index in [1.54, 1.807) is 12.4 Å². The second-order valence-electron chi connectivity index (χ2n) is 3.79. The van der Waals surface area contributed by atoms with Crippen LogP contribution >= 0.6 is 0 Å². The minimum Gasteiger partial charge on any atom is -0.299 e. The van der Waals surface area contributed by atoms with Crippen LogP contribution in [0.5, 0.6) is 0 Å². The molecule has 0 aliphatic carbocycles. The average molecular weight is 191 g/mol. The van der Waals surface area contributed by atoms with Gasteiger partial charge in [-0.15, -0.1) is 0 Å². The van der Waals surface area contributed by atoms with E-state index < -0.39 is 0 Å². The average Bonchev–Trinajstić information content (AvgIpc) is 2.19. The van der Waals surface area contributed by atoms with E-state index >= 15 is 0 Å². The highest BCUT2D eigenvalue weighted by molar-refractivity contribution is 5.80. The molecular formula is C12H17NO. The van der Waals surface area contributed by atoms with E-state index in [0.29, 0.717) is 24.5 Å². The SMILES string of the molecule is CCC(C)CC(=O)Cc1ccncc1. The second-order valence-corrected chi connectivity index (χ2v) is 3.79. The summed E-state index contributed by atoms with van der Waals surface area (Å²) < 4.78 is 0. The van der Waals surface area contributed by atoms with Crippen LogP contribution in [0.15, 0.2) is 24.5 Å². The van der Waals surface area contributed by atoms with Gasteiger partial charge < -0.3 is 0 Å². The number of hydrogen-bond acceptors (Lipinski definition) is 2. The normalized spacial score (nSPS) is 12.4. The van der Waals surface area contributed by atoms with Crippen LogP contribution in [0.3, 0.4) is 0 Å². The fraction of sp³-hybridized carbons (Fsp3) is 0.500. The zero-order chi connectivity index (χ0) is 10.4. The van der Waals surface area contributed by atoms with Gasteiger partial charge in [-0.3, -0.25) is 9.78 Å². The van der Waals surface area contributed by atoms with Crippen LogP contribution in [-0.2, 0) is 11.2 Å². The molecule has 0 N–H and O–H groups in total. The Labute approximate surface area is 85.4 Å². The maximum absolute atomic E-state index is 11.6. The summed E-state index contributed by atoms with van der Waals surface area (Å²) in [4.78, 5) is 15.5. The Morgan fingerprint density at radius 2 is 2.07 bits per heavy atom. The molecular weight excluding hydrogens is 174 g/mol. The molecule has 2 nitrogen and oxygen atoms in total. The van der Waals surface area contributed by atoms with Crippen molar-refractivity contribution in [2.24, 2.45) is 5.92 Å². The lowest BCUT2D eigenvalue weighted by atomic mass is 9.98. The number of rotatable bonds is 5. The lowest BCUT2D eigenvalue weighted by Gasteiger charge is -2.06. The number of carbonyl (C=O) groups is 1. The minimum absolute atomic E-state index is 0.325. The number of ketones is 1. The van der Waals surface area contributed by atoms with Crippen molar-refractivity contribution in [3.05, 3.63) is 30.1 Å². The molecule has 0 radical (unpaired) electrons. The Morgan fingerprint density at radius 1 is 1.43 bits per heavy atom. The van der Waals surface area contributed by atoms with Gasteiger partial charge in [-0.1, -0.05) is 20.3 Å². The van der Waals surface area contributed by atoms with Gasteiger partial charge in [0.1, 0.15) is 5.78 Å². The van der Waals surface area contributed by atoms with E-state index in [1.165, 1.54) is 0 Å². The van der Waals surface area contributed by atoms with E-state index in [-0.39, 0.29) is 0 Å². The van der Waals surface area contributed by atoms with Crippen molar-refractivity contribution in [1.82, 2.24) is 4.98 Å². The maximum Gasteiger partial charge on any atom is 0.137 e. The number of aromatic nitrogens is 1. The molecule has 0 aliphatic rings. The molecule has 1 atom stereocenters. The summed E-state index contributed by atoms with van der Waals surface area (Å²) in [6, 6.07) is 3.79. The predicted octanol–water partition coefficient (Wildman–Crippen LogP) is 2.63. The molecule has 1 unspecified atom stereocenters. The van der Waals surface area contributed by atoms with Crippen molar-refractivity contribution < 1.29 is 4.79 Å². The molecule has 0 bridgehead atoms. The Bertz CT molecular complexity index is 282.